The summed E-state index contributed by atoms with van der Waals surface area (Å²) in [6, 6.07) is 10.8. The minimum Gasteiger partial charge on any atom is -0.370 e. The molecule has 1 N–H and O–H groups in total. The molecule has 0 spiro atoms. The quantitative estimate of drug-likeness (QED) is 0.722. The van der Waals surface area contributed by atoms with Crippen LogP contribution in [0.5, 0.6) is 0 Å². The zero-order valence-corrected chi connectivity index (χ0v) is 13.9. The van der Waals surface area contributed by atoms with Gasteiger partial charge in [-0.15, -0.1) is 0 Å². The molecule has 3 aromatic rings. The maximum Gasteiger partial charge on any atom is 0.416 e. The predicted octanol–water partition coefficient (Wildman–Crippen LogP) is 4.70. The van der Waals surface area contributed by atoms with Crippen LogP contribution in [0.15, 0.2) is 48.7 Å². The molecule has 0 fully saturated rings. The van der Waals surface area contributed by atoms with Gasteiger partial charge in [0.25, 0.3) is 0 Å². The minimum absolute atomic E-state index is 0.382. The van der Waals surface area contributed by atoms with Gasteiger partial charge in [0, 0.05) is 18.3 Å². The topological polar surface area (TPSA) is 42.7 Å². The summed E-state index contributed by atoms with van der Waals surface area (Å²) in [6.07, 6.45) is 0.104. The van der Waals surface area contributed by atoms with Gasteiger partial charge in [-0.05, 0) is 49.6 Å². The third-order valence-corrected chi connectivity index (χ3v) is 4.46. The molecule has 0 bridgehead atoms. The summed E-state index contributed by atoms with van der Waals surface area (Å²) in [7, 11) is 0. The molecule has 0 saturated carbocycles. The number of hydrogen-bond donors (Lipinski definition) is 1. The molecule has 0 radical (unpaired) electrons. The first kappa shape index (κ1) is 16.6. The second kappa shape index (κ2) is 6.48. The Morgan fingerprint density at radius 1 is 1.04 bits per heavy atom. The van der Waals surface area contributed by atoms with E-state index in [0.717, 1.165) is 55.0 Å². The lowest BCUT2D eigenvalue weighted by molar-refractivity contribution is -0.137. The highest BCUT2D eigenvalue weighted by atomic mass is 19.4. The van der Waals surface area contributed by atoms with Crippen molar-refractivity contribution in [3.8, 4) is 17.1 Å². The summed E-state index contributed by atoms with van der Waals surface area (Å²) in [5.74, 6) is 0.752. The molecule has 4 nitrogen and oxygen atoms in total. The number of rotatable bonds is 2. The normalized spacial score (nSPS) is 14.4. The van der Waals surface area contributed by atoms with Crippen LogP contribution in [0, 0.1) is 0 Å². The van der Waals surface area contributed by atoms with Crippen molar-refractivity contribution in [2.24, 2.45) is 0 Å². The fraction of sp³-hybridized carbons (Fsp3) is 0.263. The molecular weight excluding hydrogens is 341 g/mol. The van der Waals surface area contributed by atoms with E-state index in [2.05, 4.69) is 15.4 Å². The zero-order valence-electron chi connectivity index (χ0n) is 13.9. The molecule has 1 aromatic carbocycles. The largest absolute Gasteiger partial charge is 0.416 e. The molecule has 0 saturated heterocycles. The number of nitrogens with one attached hydrogen (secondary N) is 1. The summed E-state index contributed by atoms with van der Waals surface area (Å²) < 4.78 is 40.9. The Morgan fingerprint density at radius 2 is 1.92 bits per heavy atom. The van der Waals surface area contributed by atoms with Gasteiger partial charge in [0.15, 0.2) is 0 Å². The lowest BCUT2D eigenvalue weighted by Crippen LogP contribution is -2.09. The van der Waals surface area contributed by atoms with Gasteiger partial charge in [0.05, 0.1) is 16.9 Å². The second-order valence-corrected chi connectivity index (χ2v) is 6.23. The van der Waals surface area contributed by atoms with Crippen LogP contribution < -0.4 is 5.32 Å². The van der Waals surface area contributed by atoms with Gasteiger partial charge >= 0.3 is 6.18 Å². The molecule has 0 atom stereocenters. The SMILES string of the molecule is FC(F)(F)c1cccc(-n2nc(-c3ccccn3)c3c2NCCCC3)c1. The van der Waals surface area contributed by atoms with Gasteiger partial charge in [-0.1, -0.05) is 12.1 Å². The van der Waals surface area contributed by atoms with E-state index in [9.17, 15) is 13.2 Å². The molecule has 3 heterocycles. The highest BCUT2D eigenvalue weighted by molar-refractivity contribution is 5.69. The maximum atomic E-state index is 13.1. The van der Waals surface area contributed by atoms with E-state index in [1.54, 1.807) is 16.9 Å². The van der Waals surface area contributed by atoms with Crippen molar-refractivity contribution in [3.63, 3.8) is 0 Å². The van der Waals surface area contributed by atoms with Crippen molar-refractivity contribution in [3.05, 3.63) is 59.8 Å². The van der Waals surface area contributed by atoms with Crippen molar-refractivity contribution in [2.75, 3.05) is 11.9 Å². The monoisotopic (exact) mass is 358 g/mol. The van der Waals surface area contributed by atoms with E-state index in [1.165, 1.54) is 6.07 Å². The lowest BCUT2D eigenvalue weighted by atomic mass is 10.1. The van der Waals surface area contributed by atoms with Crippen LogP contribution in [0.3, 0.4) is 0 Å². The van der Waals surface area contributed by atoms with Gasteiger partial charge in [0.2, 0.25) is 0 Å². The molecule has 134 valence electrons. The van der Waals surface area contributed by atoms with E-state index in [-0.39, 0.29) is 0 Å². The van der Waals surface area contributed by atoms with Gasteiger partial charge in [-0.25, -0.2) is 4.68 Å². The van der Waals surface area contributed by atoms with Crippen LogP contribution in [-0.2, 0) is 12.6 Å². The van der Waals surface area contributed by atoms with Crippen molar-refractivity contribution in [1.29, 1.82) is 0 Å². The third kappa shape index (κ3) is 3.05. The van der Waals surface area contributed by atoms with Crippen molar-refractivity contribution in [1.82, 2.24) is 14.8 Å². The lowest BCUT2D eigenvalue weighted by Gasteiger charge is -2.12. The second-order valence-electron chi connectivity index (χ2n) is 6.23. The molecule has 1 aliphatic rings. The first-order chi connectivity index (χ1) is 12.5. The smallest absolute Gasteiger partial charge is 0.370 e. The molecule has 0 unspecified atom stereocenters. The molecule has 0 amide bonds. The number of alkyl halides is 3. The Hall–Kier alpha value is -2.83. The molecule has 26 heavy (non-hydrogen) atoms. The van der Waals surface area contributed by atoms with Crippen molar-refractivity contribution >= 4 is 5.82 Å². The Kier molecular flexibility index (Phi) is 4.14. The summed E-state index contributed by atoms with van der Waals surface area (Å²) in [5.41, 5.74) is 2.13. The Bertz CT molecular complexity index is 916. The molecule has 1 aliphatic heterocycles. The summed E-state index contributed by atoms with van der Waals surface area (Å²) >= 11 is 0. The summed E-state index contributed by atoms with van der Waals surface area (Å²) in [4.78, 5) is 4.37. The number of anilines is 1. The van der Waals surface area contributed by atoms with E-state index < -0.39 is 11.7 Å². The standard InChI is InChI=1S/C19H17F3N4/c20-19(21,22)13-6-5-7-14(12-13)26-18-15(8-1-3-11-24-18)17(25-26)16-9-2-4-10-23-16/h2,4-7,9-10,12,24H,1,3,8,11H2. The van der Waals surface area contributed by atoms with Crippen LogP contribution in [0.1, 0.15) is 24.0 Å². The van der Waals surface area contributed by atoms with Gasteiger partial charge < -0.3 is 5.32 Å². The van der Waals surface area contributed by atoms with E-state index in [0.29, 0.717) is 11.4 Å². The van der Waals surface area contributed by atoms with Crippen molar-refractivity contribution in [2.45, 2.75) is 25.4 Å². The van der Waals surface area contributed by atoms with Crippen molar-refractivity contribution < 1.29 is 13.2 Å². The van der Waals surface area contributed by atoms with E-state index in [1.807, 2.05) is 18.2 Å². The average molecular weight is 358 g/mol. The zero-order chi connectivity index (χ0) is 18.1. The minimum atomic E-state index is -4.39. The van der Waals surface area contributed by atoms with Crippen LogP contribution >= 0.6 is 0 Å². The molecule has 7 heteroatoms. The summed E-state index contributed by atoms with van der Waals surface area (Å²) in [6.45, 7) is 0.763. The summed E-state index contributed by atoms with van der Waals surface area (Å²) in [5, 5.41) is 7.95. The van der Waals surface area contributed by atoms with E-state index >= 15 is 0 Å². The number of hydrogen-bond acceptors (Lipinski definition) is 3. The number of aromatic nitrogens is 3. The Labute approximate surface area is 148 Å². The first-order valence-electron chi connectivity index (χ1n) is 8.49. The first-order valence-corrected chi connectivity index (χ1v) is 8.49. The average Bonchev–Trinajstić information content (AvgIpc) is 2.83. The number of pyridine rings is 1. The highest BCUT2D eigenvalue weighted by Gasteiger charge is 2.31. The molecule has 4 rings (SSSR count). The van der Waals surface area contributed by atoms with Gasteiger partial charge in [-0.3, -0.25) is 4.98 Å². The number of halogens is 3. The number of fused-ring (bicyclic) bond motifs is 1. The number of nitrogens with zero attached hydrogens (tertiary/aromatic N) is 3. The molecule has 2 aromatic heterocycles. The Balaban J connectivity index is 1.89. The van der Waals surface area contributed by atoms with Crippen LogP contribution in [0.25, 0.3) is 17.1 Å². The van der Waals surface area contributed by atoms with Crippen LogP contribution in [0.2, 0.25) is 0 Å². The van der Waals surface area contributed by atoms with E-state index in [4.69, 9.17) is 0 Å². The number of benzene rings is 1. The van der Waals surface area contributed by atoms with Gasteiger partial charge in [-0.2, -0.15) is 18.3 Å². The molecular formula is C19H17F3N4. The van der Waals surface area contributed by atoms with Gasteiger partial charge in [0.1, 0.15) is 11.5 Å². The fourth-order valence-corrected chi connectivity index (χ4v) is 3.21. The molecule has 0 aliphatic carbocycles. The predicted molar refractivity (Wildman–Crippen MR) is 93.2 cm³/mol. The highest BCUT2D eigenvalue weighted by Crippen LogP contribution is 2.35. The van der Waals surface area contributed by atoms with Crippen LogP contribution in [-0.4, -0.2) is 21.3 Å². The maximum absolute atomic E-state index is 13.1. The van der Waals surface area contributed by atoms with Crippen LogP contribution in [0.4, 0.5) is 19.0 Å². The third-order valence-electron chi connectivity index (χ3n) is 4.46. The Morgan fingerprint density at radius 3 is 2.69 bits per heavy atom. The fourth-order valence-electron chi connectivity index (χ4n) is 3.21.